The average Bonchev–Trinajstić information content (AvgIpc) is 2.95. The molecule has 0 radical (unpaired) electrons. The first-order valence-corrected chi connectivity index (χ1v) is 12.0. The van der Waals surface area contributed by atoms with Gasteiger partial charge in [-0.25, -0.2) is 15.0 Å². The third kappa shape index (κ3) is 4.53. The molecule has 0 spiro atoms. The van der Waals surface area contributed by atoms with E-state index in [1.807, 2.05) is 41.6 Å². The highest BCUT2D eigenvalue weighted by Gasteiger charge is 2.25. The zero-order valence-electron chi connectivity index (χ0n) is 18.2. The molecule has 32 heavy (non-hydrogen) atoms. The molecule has 1 aliphatic rings. The van der Waals surface area contributed by atoms with Crippen LogP contribution in [0.3, 0.4) is 0 Å². The highest BCUT2D eigenvalue weighted by molar-refractivity contribution is 8.13. The number of aliphatic imine (C=N–C) groups is 1. The van der Waals surface area contributed by atoms with Crippen molar-refractivity contribution < 1.29 is 9.90 Å². The van der Waals surface area contributed by atoms with Crippen LogP contribution in [0.4, 0.5) is 10.7 Å². The maximum Gasteiger partial charge on any atom is 0.221 e. The van der Waals surface area contributed by atoms with Gasteiger partial charge in [0, 0.05) is 40.9 Å². The number of thioether (sulfide) groups is 1. The number of hydrogen-bond donors (Lipinski definition) is 2. The number of pyridine rings is 1. The Morgan fingerprint density at radius 2 is 1.94 bits per heavy atom. The largest absolute Gasteiger partial charge is 0.493 e. The van der Waals surface area contributed by atoms with Crippen molar-refractivity contribution in [3.63, 3.8) is 0 Å². The highest BCUT2D eigenvalue weighted by atomic mass is 32.2. The Morgan fingerprint density at radius 1 is 1.19 bits per heavy atom. The Bertz CT molecular complexity index is 1210. The minimum atomic E-state index is -0.108. The average molecular weight is 466 g/mol. The third-order valence-electron chi connectivity index (χ3n) is 5.04. The van der Waals surface area contributed by atoms with Gasteiger partial charge in [-0.15, -0.1) is 11.3 Å². The van der Waals surface area contributed by atoms with E-state index < -0.39 is 0 Å². The zero-order valence-corrected chi connectivity index (χ0v) is 19.8. The van der Waals surface area contributed by atoms with Crippen LogP contribution in [0.25, 0.3) is 0 Å². The number of hydrogen-bond acceptors (Lipinski definition) is 8. The first-order valence-electron chi connectivity index (χ1n) is 9.97. The Kier molecular flexibility index (Phi) is 6.29. The third-order valence-corrected chi connectivity index (χ3v) is 6.81. The van der Waals surface area contributed by atoms with Gasteiger partial charge in [0.25, 0.3) is 0 Å². The lowest BCUT2D eigenvalue weighted by Gasteiger charge is -2.20. The summed E-state index contributed by atoms with van der Waals surface area (Å²) in [5.74, 6) is -0.122. The molecular weight excluding hydrogens is 442 g/mol. The highest BCUT2D eigenvalue weighted by Crippen LogP contribution is 2.39. The van der Waals surface area contributed by atoms with Crippen molar-refractivity contribution in [2.45, 2.75) is 27.3 Å². The minimum absolute atomic E-state index is 0.0138. The molecule has 0 unspecified atom stereocenters. The maximum absolute atomic E-state index is 11.4. The summed E-state index contributed by atoms with van der Waals surface area (Å²) < 4.78 is 0. The van der Waals surface area contributed by atoms with Crippen molar-refractivity contribution in [3.05, 3.63) is 69.7 Å². The van der Waals surface area contributed by atoms with Gasteiger partial charge in [-0.05, 0) is 43.4 Å². The number of hydrazone groups is 1. The molecule has 0 fully saturated rings. The van der Waals surface area contributed by atoms with E-state index in [0.29, 0.717) is 6.54 Å². The fraction of sp³-hybridized carbons (Fsp3) is 0.217. The van der Waals surface area contributed by atoms with E-state index in [1.165, 1.54) is 23.6 Å². The van der Waals surface area contributed by atoms with Crippen LogP contribution < -0.4 is 5.32 Å². The van der Waals surface area contributed by atoms with E-state index >= 15 is 0 Å². The summed E-state index contributed by atoms with van der Waals surface area (Å²) in [6.45, 7) is 6.15. The van der Waals surface area contributed by atoms with Crippen LogP contribution in [-0.2, 0) is 11.3 Å². The number of benzene rings is 1. The summed E-state index contributed by atoms with van der Waals surface area (Å²) in [5.41, 5.74) is 5.60. The number of thiophene rings is 1. The number of aromatic nitrogens is 1. The second-order valence-electron chi connectivity index (χ2n) is 7.35. The number of fused-ring (bicyclic) bond motifs is 1. The number of nitrogens with zero attached hydrogens (tertiary/aromatic N) is 4. The van der Waals surface area contributed by atoms with Gasteiger partial charge in [-0.1, -0.05) is 30.0 Å². The number of rotatable bonds is 4. The zero-order chi connectivity index (χ0) is 22.8. The molecule has 1 aromatic carbocycles. The molecule has 9 heteroatoms. The van der Waals surface area contributed by atoms with E-state index in [0.717, 1.165) is 43.8 Å². The molecule has 2 N–H and O–H groups in total. The van der Waals surface area contributed by atoms with Crippen molar-refractivity contribution in [1.82, 2.24) is 9.99 Å². The van der Waals surface area contributed by atoms with Gasteiger partial charge in [0.2, 0.25) is 11.8 Å². The van der Waals surface area contributed by atoms with E-state index in [1.54, 1.807) is 23.6 Å². The molecule has 0 saturated heterocycles. The quantitative estimate of drug-likeness (QED) is 0.563. The normalized spacial score (nSPS) is 13.2. The maximum atomic E-state index is 11.4. The molecule has 164 valence electrons. The lowest BCUT2D eigenvalue weighted by atomic mass is 10.00. The number of aryl methyl sites for hydroxylation is 1. The van der Waals surface area contributed by atoms with Gasteiger partial charge in [-0.3, -0.25) is 4.79 Å². The van der Waals surface area contributed by atoms with E-state index in [4.69, 9.17) is 10.1 Å². The Balaban J connectivity index is 1.81. The number of nitrogens with one attached hydrogen (secondary N) is 1. The second-order valence-corrected chi connectivity index (χ2v) is 9.33. The smallest absolute Gasteiger partial charge is 0.221 e. The number of anilines is 1. The van der Waals surface area contributed by atoms with Gasteiger partial charge >= 0.3 is 0 Å². The van der Waals surface area contributed by atoms with E-state index in [2.05, 4.69) is 24.1 Å². The fourth-order valence-electron chi connectivity index (χ4n) is 3.38. The number of amides is 1. The summed E-state index contributed by atoms with van der Waals surface area (Å²) in [5, 5.41) is 21.0. The van der Waals surface area contributed by atoms with Crippen molar-refractivity contribution in [3.8, 4) is 5.88 Å². The van der Waals surface area contributed by atoms with Gasteiger partial charge in [0.15, 0.2) is 5.17 Å². The second kappa shape index (κ2) is 9.13. The lowest BCUT2D eigenvalue weighted by molar-refractivity contribution is -0.114. The van der Waals surface area contributed by atoms with Crippen LogP contribution in [0.1, 0.15) is 34.1 Å². The summed E-state index contributed by atoms with van der Waals surface area (Å²) in [7, 11) is 0. The van der Waals surface area contributed by atoms with Crippen molar-refractivity contribution in [1.29, 1.82) is 0 Å². The number of aromatic hydroxyl groups is 1. The topological polar surface area (TPSA) is 90.2 Å². The molecule has 1 aliphatic heterocycles. The molecule has 0 aliphatic carbocycles. The lowest BCUT2D eigenvalue weighted by Crippen LogP contribution is -2.24. The SMILES string of the molecule is CSC1=Nc2sc(C)c(C)c2C(c2ccc(NC(C)=O)cc2)=NN1Cc1ccc(O)nc1. The number of carbonyl (C=O) groups is 1. The summed E-state index contributed by atoms with van der Waals surface area (Å²) in [6, 6.07) is 11.1. The molecule has 3 aromatic rings. The first-order chi connectivity index (χ1) is 15.4. The van der Waals surface area contributed by atoms with Crippen LogP contribution in [0.5, 0.6) is 5.88 Å². The molecule has 0 bridgehead atoms. The van der Waals surface area contributed by atoms with Gasteiger partial charge in [0.05, 0.1) is 6.54 Å². The van der Waals surface area contributed by atoms with Crippen LogP contribution in [-0.4, -0.2) is 38.1 Å². The van der Waals surface area contributed by atoms with Gasteiger partial charge in [0.1, 0.15) is 10.7 Å². The van der Waals surface area contributed by atoms with Crippen LogP contribution in [0.15, 0.2) is 52.7 Å². The van der Waals surface area contributed by atoms with Gasteiger partial charge in [-0.2, -0.15) is 5.10 Å². The van der Waals surface area contributed by atoms with Crippen molar-refractivity contribution in [2.24, 2.45) is 10.1 Å². The molecule has 0 saturated carbocycles. The molecule has 7 nitrogen and oxygen atoms in total. The van der Waals surface area contributed by atoms with Crippen LogP contribution in [0, 0.1) is 13.8 Å². The van der Waals surface area contributed by atoms with E-state index in [9.17, 15) is 9.90 Å². The standard InChI is InChI=1S/C23H23N5O2S2/c1-13-14(2)32-22-20(13)21(17-6-8-18(9-7-17)25-15(3)29)27-28(23(26-22)31-4)12-16-5-10-19(30)24-11-16/h5-11H,12H2,1-4H3,(H,24,30)(H,25,29). The van der Waals surface area contributed by atoms with Crippen molar-refractivity contribution in [2.75, 3.05) is 11.6 Å². The predicted octanol–water partition coefficient (Wildman–Crippen LogP) is 5.04. The summed E-state index contributed by atoms with van der Waals surface area (Å²) in [6.07, 6.45) is 3.62. The molecular formula is C23H23N5O2S2. The monoisotopic (exact) mass is 465 g/mol. The molecule has 2 aromatic heterocycles. The first kappa shape index (κ1) is 22.0. The molecule has 3 heterocycles. The minimum Gasteiger partial charge on any atom is -0.493 e. The Morgan fingerprint density at radius 3 is 2.56 bits per heavy atom. The molecule has 0 atom stereocenters. The van der Waals surface area contributed by atoms with Crippen LogP contribution in [0.2, 0.25) is 0 Å². The van der Waals surface area contributed by atoms with Crippen LogP contribution >= 0.6 is 23.1 Å². The predicted molar refractivity (Wildman–Crippen MR) is 132 cm³/mol. The Hall–Kier alpha value is -3.17. The number of amidine groups is 1. The van der Waals surface area contributed by atoms with Crippen molar-refractivity contribution >= 4 is 50.6 Å². The summed E-state index contributed by atoms with van der Waals surface area (Å²) in [4.78, 5) is 21.5. The number of carbonyl (C=O) groups excluding carboxylic acids is 1. The summed E-state index contributed by atoms with van der Waals surface area (Å²) >= 11 is 3.19. The fourth-order valence-corrected chi connectivity index (χ4v) is 4.96. The van der Waals surface area contributed by atoms with Gasteiger partial charge < -0.3 is 10.4 Å². The Labute approximate surface area is 194 Å². The molecule has 1 amide bonds. The molecule has 4 rings (SSSR count). The van der Waals surface area contributed by atoms with E-state index in [-0.39, 0.29) is 11.8 Å².